The molecule has 0 saturated carbocycles. The van der Waals surface area contributed by atoms with Crippen LogP contribution < -0.4 is 14.2 Å². The molecule has 5 heteroatoms. The van der Waals surface area contributed by atoms with Gasteiger partial charge in [0.15, 0.2) is 11.5 Å². The minimum absolute atomic E-state index is 0.536. The van der Waals surface area contributed by atoms with Crippen molar-refractivity contribution < 1.29 is 14.2 Å². The first-order valence-corrected chi connectivity index (χ1v) is 11.8. The van der Waals surface area contributed by atoms with E-state index in [0.717, 1.165) is 33.9 Å². The van der Waals surface area contributed by atoms with Crippen LogP contribution in [0.25, 0.3) is 33.9 Å². The lowest BCUT2D eigenvalue weighted by Crippen LogP contribution is -2.06. The van der Waals surface area contributed by atoms with Gasteiger partial charge < -0.3 is 18.8 Å². The topological polar surface area (TPSA) is 45.5 Å². The minimum Gasteiger partial charge on any atom is -0.493 e. The summed E-state index contributed by atoms with van der Waals surface area (Å²) in [6.45, 7) is 0.637. The molecule has 36 heavy (non-hydrogen) atoms. The number of nitrogens with zero attached hydrogens (tertiary/aromatic N) is 2. The molecule has 0 radical (unpaired) electrons. The summed E-state index contributed by atoms with van der Waals surface area (Å²) in [6.07, 6.45) is 0. The highest BCUT2D eigenvalue weighted by molar-refractivity contribution is 5.84. The van der Waals surface area contributed by atoms with E-state index in [1.807, 2.05) is 42.5 Å². The van der Waals surface area contributed by atoms with E-state index in [2.05, 4.69) is 65.2 Å². The zero-order valence-electron chi connectivity index (χ0n) is 20.6. The van der Waals surface area contributed by atoms with Crippen LogP contribution in [0.5, 0.6) is 17.2 Å². The summed E-state index contributed by atoms with van der Waals surface area (Å²) in [5.74, 6) is 2.50. The Morgan fingerprint density at radius 2 is 1.19 bits per heavy atom. The van der Waals surface area contributed by atoms with Gasteiger partial charge in [-0.25, -0.2) is 4.98 Å². The molecular formula is C31H28N2O3. The third-order valence-electron chi connectivity index (χ3n) is 6.19. The molecule has 5 aromatic rings. The van der Waals surface area contributed by atoms with Crippen LogP contribution in [0.15, 0.2) is 103 Å². The molecular weight excluding hydrogens is 448 g/mol. The summed E-state index contributed by atoms with van der Waals surface area (Å²) in [7, 11) is 4.88. The van der Waals surface area contributed by atoms with Crippen molar-refractivity contribution >= 4 is 0 Å². The number of hydrogen-bond donors (Lipinski definition) is 0. The Bertz CT molecular complexity index is 1450. The predicted octanol–water partition coefficient (Wildman–Crippen LogP) is 6.96. The Morgan fingerprint density at radius 1 is 0.611 bits per heavy atom. The Balaban J connectivity index is 1.85. The molecule has 0 aliphatic rings. The summed E-state index contributed by atoms with van der Waals surface area (Å²) >= 11 is 0. The smallest absolute Gasteiger partial charge is 0.204 e. The quantitative estimate of drug-likeness (QED) is 0.243. The highest BCUT2D eigenvalue weighted by Crippen LogP contribution is 2.46. The molecule has 0 saturated heterocycles. The van der Waals surface area contributed by atoms with Crippen LogP contribution in [-0.4, -0.2) is 30.9 Å². The largest absolute Gasteiger partial charge is 0.493 e. The van der Waals surface area contributed by atoms with Crippen molar-refractivity contribution in [3.63, 3.8) is 0 Å². The number of ether oxygens (including phenoxy) is 3. The monoisotopic (exact) mass is 476 g/mol. The van der Waals surface area contributed by atoms with Gasteiger partial charge in [-0.05, 0) is 17.7 Å². The second-order valence-electron chi connectivity index (χ2n) is 8.32. The standard InChI is InChI=1S/C31H28N2O3/c1-34-26-20-19-25(29(35-2)30(26)36-3)31-32-27(23-15-9-5-10-16-23)28(24-17-11-6-12-18-24)33(31)21-22-13-7-4-8-14-22/h4-20H,21H2,1-3H3. The molecule has 1 heterocycles. The van der Waals surface area contributed by atoms with Crippen molar-refractivity contribution in [2.75, 3.05) is 21.3 Å². The van der Waals surface area contributed by atoms with E-state index in [9.17, 15) is 0 Å². The second kappa shape index (κ2) is 10.4. The van der Waals surface area contributed by atoms with Gasteiger partial charge in [0.1, 0.15) is 5.82 Å². The lowest BCUT2D eigenvalue weighted by atomic mass is 10.0. The van der Waals surface area contributed by atoms with Crippen LogP contribution in [0, 0.1) is 0 Å². The van der Waals surface area contributed by atoms with E-state index in [0.29, 0.717) is 23.8 Å². The van der Waals surface area contributed by atoms with Crippen LogP contribution >= 0.6 is 0 Å². The normalized spacial score (nSPS) is 10.8. The van der Waals surface area contributed by atoms with Crippen molar-refractivity contribution in [3.05, 3.63) is 109 Å². The zero-order chi connectivity index (χ0) is 24.9. The van der Waals surface area contributed by atoms with Crippen molar-refractivity contribution in [1.29, 1.82) is 0 Å². The van der Waals surface area contributed by atoms with Crippen LogP contribution in [-0.2, 0) is 6.54 Å². The highest BCUT2D eigenvalue weighted by Gasteiger charge is 2.26. The molecule has 0 fully saturated rings. The van der Waals surface area contributed by atoms with Crippen LogP contribution in [0.1, 0.15) is 5.56 Å². The van der Waals surface area contributed by atoms with Gasteiger partial charge in [0, 0.05) is 17.7 Å². The van der Waals surface area contributed by atoms with E-state index in [1.165, 1.54) is 5.56 Å². The van der Waals surface area contributed by atoms with Gasteiger partial charge in [-0.2, -0.15) is 0 Å². The Labute approximate surface area is 211 Å². The molecule has 180 valence electrons. The van der Waals surface area contributed by atoms with Crippen molar-refractivity contribution in [2.45, 2.75) is 6.54 Å². The third kappa shape index (κ3) is 4.31. The maximum absolute atomic E-state index is 5.87. The molecule has 0 spiro atoms. The molecule has 0 N–H and O–H groups in total. The van der Waals surface area contributed by atoms with E-state index in [1.54, 1.807) is 21.3 Å². The number of methoxy groups -OCH3 is 3. The van der Waals surface area contributed by atoms with E-state index < -0.39 is 0 Å². The zero-order valence-corrected chi connectivity index (χ0v) is 20.6. The van der Waals surface area contributed by atoms with Crippen molar-refractivity contribution in [3.8, 4) is 51.2 Å². The fraction of sp³-hybridized carbons (Fsp3) is 0.129. The summed E-state index contributed by atoms with van der Waals surface area (Å²) in [5.41, 5.74) is 6.08. The SMILES string of the molecule is COc1ccc(-c2nc(-c3ccccc3)c(-c3ccccc3)n2Cc2ccccc2)c(OC)c1OC. The first kappa shape index (κ1) is 23.2. The minimum atomic E-state index is 0.536. The Hall–Kier alpha value is -4.51. The van der Waals surface area contributed by atoms with Gasteiger partial charge in [-0.1, -0.05) is 91.0 Å². The van der Waals surface area contributed by atoms with Crippen LogP contribution in [0.3, 0.4) is 0 Å². The number of imidazole rings is 1. The average molecular weight is 477 g/mol. The number of benzene rings is 4. The van der Waals surface area contributed by atoms with Crippen molar-refractivity contribution in [2.24, 2.45) is 0 Å². The Morgan fingerprint density at radius 3 is 1.78 bits per heavy atom. The number of hydrogen-bond acceptors (Lipinski definition) is 4. The second-order valence-corrected chi connectivity index (χ2v) is 8.32. The van der Waals surface area contributed by atoms with Gasteiger partial charge in [-0.3, -0.25) is 0 Å². The molecule has 0 aliphatic heterocycles. The van der Waals surface area contributed by atoms with Gasteiger partial charge >= 0.3 is 0 Å². The molecule has 1 aromatic heterocycles. The number of rotatable bonds is 8. The van der Waals surface area contributed by atoms with E-state index >= 15 is 0 Å². The molecule has 0 amide bonds. The molecule has 0 bridgehead atoms. The summed E-state index contributed by atoms with van der Waals surface area (Å²) in [5, 5.41) is 0. The van der Waals surface area contributed by atoms with E-state index in [-0.39, 0.29) is 0 Å². The van der Waals surface area contributed by atoms with Gasteiger partial charge in [-0.15, -0.1) is 0 Å². The fourth-order valence-corrected chi connectivity index (χ4v) is 4.54. The van der Waals surface area contributed by atoms with Crippen molar-refractivity contribution in [1.82, 2.24) is 9.55 Å². The molecule has 0 aliphatic carbocycles. The first-order valence-electron chi connectivity index (χ1n) is 11.8. The van der Waals surface area contributed by atoms with Gasteiger partial charge in [0.25, 0.3) is 0 Å². The summed E-state index contributed by atoms with van der Waals surface area (Å²) in [6, 6.07) is 35.0. The molecule has 5 nitrogen and oxygen atoms in total. The van der Waals surface area contributed by atoms with Crippen LogP contribution in [0.4, 0.5) is 0 Å². The fourth-order valence-electron chi connectivity index (χ4n) is 4.54. The molecule has 4 aromatic carbocycles. The maximum Gasteiger partial charge on any atom is 0.204 e. The Kier molecular flexibility index (Phi) is 6.72. The summed E-state index contributed by atoms with van der Waals surface area (Å²) < 4.78 is 19.4. The predicted molar refractivity (Wildman–Crippen MR) is 144 cm³/mol. The lowest BCUT2D eigenvalue weighted by Gasteiger charge is -2.18. The molecule has 0 atom stereocenters. The molecule has 5 rings (SSSR count). The van der Waals surface area contributed by atoms with Gasteiger partial charge in [0.05, 0.1) is 38.3 Å². The van der Waals surface area contributed by atoms with E-state index in [4.69, 9.17) is 19.2 Å². The highest BCUT2D eigenvalue weighted by atomic mass is 16.5. The maximum atomic E-state index is 5.87. The lowest BCUT2D eigenvalue weighted by molar-refractivity contribution is 0.325. The number of aromatic nitrogens is 2. The average Bonchev–Trinajstić information content (AvgIpc) is 3.32. The summed E-state index contributed by atoms with van der Waals surface area (Å²) in [4.78, 5) is 5.25. The third-order valence-corrected chi connectivity index (χ3v) is 6.19. The molecule has 0 unspecified atom stereocenters. The van der Waals surface area contributed by atoms with Gasteiger partial charge in [0.2, 0.25) is 5.75 Å². The first-order chi connectivity index (χ1) is 17.7. The van der Waals surface area contributed by atoms with Crippen LogP contribution in [0.2, 0.25) is 0 Å².